The molecule has 0 unspecified atom stereocenters. The molecule has 3 aromatic carbocycles. The van der Waals surface area contributed by atoms with Gasteiger partial charge in [-0.25, -0.2) is 0 Å². The van der Waals surface area contributed by atoms with Crippen LogP contribution in [-0.2, 0) is 4.79 Å². The number of benzene rings is 3. The number of carbonyl (C=O) groups is 1. The van der Waals surface area contributed by atoms with Crippen molar-refractivity contribution in [3.05, 3.63) is 90.0 Å². The summed E-state index contributed by atoms with van der Waals surface area (Å²) in [6.45, 7) is -2.89. The first-order valence-corrected chi connectivity index (χ1v) is 8.83. The molecule has 3 rings (SSSR count). The molecule has 0 aliphatic rings. The van der Waals surface area contributed by atoms with E-state index in [1.165, 1.54) is 19.2 Å². The van der Waals surface area contributed by atoms with Crippen LogP contribution in [0, 0.1) is 0 Å². The largest absolute Gasteiger partial charge is 0.495 e. The standard InChI is InChI=1S/C23H19F2NO3/c1-28-21-10-6-5-9-20(21)26-22(27)19(17-7-3-2-4-8-17)15-16-11-13-18(14-12-16)29-23(24)25/h2-15,23H,1H3,(H,26,27)/b19-15+. The number of para-hydroxylation sites is 2. The number of hydrogen-bond acceptors (Lipinski definition) is 3. The Labute approximate surface area is 167 Å². The summed E-state index contributed by atoms with van der Waals surface area (Å²) in [7, 11) is 1.53. The molecule has 0 aromatic heterocycles. The zero-order valence-corrected chi connectivity index (χ0v) is 15.6. The van der Waals surface area contributed by atoms with Crippen molar-refractivity contribution in [2.24, 2.45) is 0 Å². The van der Waals surface area contributed by atoms with Crippen LogP contribution in [0.15, 0.2) is 78.9 Å². The van der Waals surface area contributed by atoms with Crippen molar-refractivity contribution < 1.29 is 23.0 Å². The van der Waals surface area contributed by atoms with Gasteiger partial charge in [-0.15, -0.1) is 0 Å². The van der Waals surface area contributed by atoms with Gasteiger partial charge in [-0.3, -0.25) is 4.79 Å². The predicted octanol–water partition coefficient (Wildman–Crippen LogP) is 5.48. The van der Waals surface area contributed by atoms with Gasteiger partial charge in [0.2, 0.25) is 0 Å². The number of hydrogen-bond donors (Lipinski definition) is 1. The maximum Gasteiger partial charge on any atom is 0.387 e. The Bertz CT molecular complexity index is 987. The molecule has 0 fully saturated rings. The van der Waals surface area contributed by atoms with Gasteiger partial charge < -0.3 is 14.8 Å². The third-order valence-electron chi connectivity index (χ3n) is 4.10. The fourth-order valence-corrected chi connectivity index (χ4v) is 2.75. The second-order valence-electron chi connectivity index (χ2n) is 6.03. The van der Waals surface area contributed by atoms with Crippen molar-refractivity contribution in [1.82, 2.24) is 0 Å². The molecule has 0 atom stereocenters. The molecule has 29 heavy (non-hydrogen) atoms. The van der Waals surface area contributed by atoms with Gasteiger partial charge in [-0.05, 0) is 41.5 Å². The lowest BCUT2D eigenvalue weighted by atomic mass is 10.0. The summed E-state index contributed by atoms with van der Waals surface area (Å²) in [5.74, 6) is 0.271. The fourth-order valence-electron chi connectivity index (χ4n) is 2.75. The Kier molecular flexibility index (Phi) is 6.58. The van der Waals surface area contributed by atoms with Crippen LogP contribution in [0.25, 0.3) is 11.6 Å². The van der Waals surface area contributed by atoms with E-state index in [9.17, 15) is 13.6 Å². The summed E-state index contributed by atoms with van der Waals surface area (Å²) in [5.41, 5.74) is 2.34. The molecule has 148 valence electrons. The van der Waals surface area contributed by atoms with Crippen molar-refractivity contribution >= 4 is 23.2 Å². The summed E-state index contributed by atoms with van der Waals surface area (Å²) in [4.78, 5) is 13.0. The Morgan fingerprint density at radius 1 is 0.931 bits per heavy atom. The molecule has 0 bridgehead atoms. The summed E-state index contributed by atoms with van der Waals surface area (Å²) in [5, 5.41) is 2.86. The topological polar surface area (TPSA) is 47.6 Å². The molecule has 6 heteroatoms. The number of carbonyl (C=O) groups excluding carboxylic acids is 1. The van der Waals surface area contributed by atoms with E-state index in [1.54, 1.807) is 36.4 Å². The van der Waals surface area contributed by atoms with Gasteiger partial charge in [0.1, 0.15) is 11.5 Å². The van der Waals surface area contributed by atoms with Crippen LogP contribution in [0.2, 0.25) is 0 Å². The van der Waals surface area contributed by atoms with Gasteiger partial charge in [-0.1, -0.05) is 54.6 Å². The van der Waals surface area contributed by atoms with E-state index in [2.05, 4.69) is 10.1 Å². The summed E-state index contributed by atoms with van der Waals surface area (Å²) < 4.78 is 34.3. The van der Waals surface area contributed by atoms with Gasteiger partial charge in [-0.2, -0.15) is 8.78 Å². The van der Waals surface area contributed by atoms with Gasteiger partial charge >= 0.3 is 6.61 Å². The lowest BCUT2D eigenvalue weighted by molar-refractivity contribution is -0.111. The fraction of sp³-hybridized carbons (Fsp3) is 0.0870. The third-order valence-corrected chi connectivity index (χ3v) is 4.10. The molecule has 4 nitrogen and oxygen atoms in total. The van der Waals surface area contributed by atoms with Crippen LogP contribution in [0.1, 0.15) is 11.1 Å². The zero-order valence-electron chi connectivity index (χ0n) is 15.6. The van der Waals surface area contributed by atoms with Crippen LogP contribution >= 0.6 is 0 Å². The second kappa shape index (κ2) is 9.50. The highest BCUT2D eigenvalue weighted by molar-refractivity contribution is 6.29. The van der Waals surface area contributed by atoms with Crippen molar-refractivity contribution in [2.45, 2.75) is 6.61 Å². The smallest absolute Gasteiger partial charge is 0.387 e. The van der Waals surface area contributed by atoms with E-state index in [1.807, 2.05) is 36.4 Å². The Morgan fingerprint density at radius 3 is 2.24 bits per heavy atom. The lowest BCUT2D eigenvalue weighted by Gasteiger charge is -2.12. The van der Waals surface area contributed by atoms with Gasteiger partial charge in [0.25, 0.3) is 5.91 Å². The normalized spacial score (nSPS) is 11.2. The first-order valence-electron chi connectivity index (χ1n) is 8.83. The first-order chi connectivity index (χ1) is 14.1. The maximum absolute atomic E-state index is 13.0. The lowest BCUT2D eigenvalue weighted by Crippen LogP contribution is -2.14. The average molecular weight is 395 g/mol. The van der Waals surface area contributed by atoms with E-state index in [-0.39, 0.29) is 11.7 Å². The van der Waals surface area contributed by atoms with Crippen LogP contribution in [0.3, 0.4) is 0 Å². The number of halogens is 2. The maximum atomic E-state index is 13.0. The molecule has 3 aromatic rings. The first kappa shape index (κ1) is 20.1. The number of alkyl halides is 2. The Balaban J connectivity index is 1.92. The highest BCUT2D eigenvalue weighted by Crippen LogP contribution is 2.26. The summed E-state index contributed by atoms with van der Waals surface area (Å²) in [6, 6.07) is 22.3. The number of methoxy groups -OCH3 is 1. The molecule has 0 heterocycles. The average Bonchev–Trinajstić information content (AvgIpc) is 2.73. The van der Waals surface area contributed by atoms with E-state index >= 15 is 0 Å². The minimum absolute atomic E-state index is 0.0527. The molecule has 0 spiro atoms. The van der Waals surface area contributed by atoms with Crippen molar-refractivity contribution in [1.29, 1.82) is 0 Å². The molecule has 0 aliphatic heterocycles. The zero-order chi connectivity index (χ0) is 20.6. The Hall–Kier alpha value is -3.67. The minimum atomic E-state index is -2.89. The number of rotatable bonds is 7. The number of amides is 1. The van der Waals surface area contributed by atoms with E-state index in [4.69, 9.17) is 4.74 Å². The SMILES string of the molecule is COc1ccccc1NC(=O)/C(=C/c1ccc(OC(F)F)cc1)c1ccccc1. The van der Waals surface area contributed by atoms with Gasteiger partial charge in [0.15, 0.2) is 0 Å². The number of anilines is 1. The highest BCUT2D eigenvalue weighted by atomic mass is 19.3. The summed E-state index contributed by atoms with van der Waals surface area (Å²) in [6.07, 6.45) is 1.69. The molecule has 1 amide bonds. The molecular formula is C23H19F2NO3. The molecule has 1 N–H and O–H groups in total. The van der Waals surface area contributed by atoms with Gasteiger partial charge in [0.05, 0.1) is 12.8 Å². The predicted molar refractivity (Wildman–Crippen MR) is 109 cm³/mol. The minimum Gasteiger partial charge on any atom is -0.495 e. The van der Waals surface area contributed by atoms with Gasteiger partial charge in [0, 0.05) is 5.57 Å². The highest BCUT2D eigenvalue weighted by Gasteiger charge is 2.14. The Morgan fingerprint density at radius 2 is 1.59 bits per heavy atom. The second-order valence-corrected chi connectivity index (χ2v) is 6.03. The molecule has 0 saturated heterocycles. The summed E-state index contributed by atoms with van der Waals surface area (Å²) >= 11 is 0. The third kappa shape index (κ3) is 5.42. The molecule has 0 radical (unpaired) electrons. The monoisotopic (exact) mass is 395 g/mol. The van der Waals surface area contributed by atoms with Crippen LogP contribution in [0.4, 0.5) is 14.5 Å². The van der Waals surface area contributed by atoms with E-state index < -0.39 is 6.61 Å². The van der Waals surface area contributed by atoms with Crippen LogP contribution in [0.5, 0.6) is 11.5 Å². The van der Waals surface area contributed by atoms with Crippen molar-refractivity contribution in [3.8, 4) is 11.5 Å². The number of nitrogens with one attached hydrogen (secondary N) is 1. The molecule has 0 saturated carbocycles. The quantitative estimate of drug-likeness (QED) is 0.426. The van der Waals surface area contributed by atoms with E-state index in [0.29, 0.717) is 28.1 Å². The molecule has 0 aliphatic carbocycles. The van der Waals surface area contributed by atoms with Crippen LogP contribution < -0.4 is 14.8 Å². The number of ether oxygens (including phenoxy) is 2. The van der Waals surface area contributed by atoms with Crippen molar-refractivity contribution in [3.63, 3.8) is 0 Å². The van der Waals surface area contributed by atoms with E-state index in [0.717, 1.165) is 0 Å². The van der Waals surface area contributed by atoms with Crippen molar-refractivity contribution in [2.75, 3.05) is 12.4 Å². The molecular weight excluding hydrogens is 376 g/mol. The van der Waals surface area contributed by atoms with Crippen LogP contribution in [-0.4, -0.2) is 19.6 Å².